The lowest BCUT2D eigenvalue weighted by Gasteiger charge is -2.06. The highest BCUT2D eigenvalue weighted by Crippen LogP contribution is 2.82. The van der Waals surface area contributed by atoms with Crippen molar-refractivity contribution in [2.45, 2.75) is 10.1 Å². The first-order valence-corrected chi connectivity index (χ1v) is 6.01. The van der Waals surface area contributed by atoms with Gasteiger partial charge in [-0.15, -0.1) is 11.8 Å². The van der Waals surface area contributed by atoms with Crippen LogP contribution < -0.4 is 0 Å². The third-order valence-corrected chi connectivity index (χ3v) is 5.19. The maximum absolute atomic E-state index is 11.8. The van der Waals surface area contributed by atoms with Crippen LogP contribution in [0.25, 0.3) is 0 Å². The van der Waals surface area contributed by atoms with Crippen LogP contribution in [0.3, 0.4) is 0 Å². The van der Waals surface area contributed by atoms with Crippen molar-refractivity contribution >= 4 is 17.5 Å². The molecule has 0 aromatic heterocycles. The maximum Gasteiger partial charge on any atom is 0.150 e. The van der Waals surface area contributed by atoms with Crippen molar-refractivity contribution in [2.24, 2.45) is 23.7 Å². The van der Waals surface area contributed by atoms with E-state index < -0.39 is 0 Å². The molecule has 5 rings (SSSR count). The van der Waals surface area contributed by atoms with Crippen LogP contribution in [0.15, 0.2) is 35.2 Å². The second-order valence-corrected chi connectivity index (χ2v) is 5.73. The van der Waals surface area contributed by atoms with Gasteiger partial charge in [0.05, 0.1) is 5.25 Å². The molecule has 70 valence electrons. The van der Waals surface area contributed by atoms with Gasteiger partial charge >= 0.3 is 0 Å². The molecule has 0 heterocycles. The van der Waals surface area contributed by atoms with Gasteiger partial charge in [-0.25, -0.2) is 0 Å². The summed E-state index contributed by atoms with van der Waals surface area (Å²) in [6.45, 7) is 0. The molecule has 3 unspecified atom stereocenters. The molecule has 3 atom stereocenters. The Kier molecular flexibility index (Phi) is 1.21. The Balaban J connectivity index is 1.59. The summed E-state index contributed by atoms with van der Waals surface area (Å²) in [4.78, 5) is 13.0. The summed E-state index contributed by atoms with van der Waals surface area (Å²) in [6.07, 6.45) is 0. The number of benzene rings is 1. The zero-order valence-corrected chi connectivity index (χ0v) is 8.41. The second-order valence-electron chi connectivity index (χ2n) is 4.51. The molecule has 0 N–H and O–H groups in total. The molecule has 1 aromatic rings. The van der Waals surface area contributed by atoms with E-state index in [1.807, 2.05) is 18.2 Å². The van der Waals surface area contributed by atoms with E-state index >= 15 is 0 Å². The third-order valence-electron chi connectivity index (χ3n) is 3.85. The first-order chi connectivity index (χ1) is 6.88. The van der Waals surface area contributed by atoms with E-state index in [0.29, 0.717) is 17.0 Å². The highest BCUT2D eigenvalue weighted by molar-refractivity contribution is 8.00. The highest BCUT2D eigenvalue weighted by atomic mass is 32.2. The van der Waals surface area contributed by atoms with Crippen LogP contribution in [-0.4, -0.2) is 11.0 Å². The molecular weight excluding hydrogens is 192 g/mol. The van der Waals surface area contributed by atoms with Crippen LogP contribution >= 0.6 is 11.8 Å². The Hall–Kier alpha value is -0.760. The van der Waals surface area contributed by atoms with Crippen LogP contribution in [-0.2, 0) is 4.79 Å². The zero-order valence-electron chi connectivity index (χ0n) is 7.59. The van der Waals surface area contributed by atoms with Crippen LogP contribution in [0, 0.1) is 23.7 Å². The first kappa shape index (κ1) is 7.52. The Morgan fingerprint density at radius 1 is 1.00 bits per heavy atom. The van der Waals surface area contributed by atoms with Crippen molar-refractivity contribution < 1.29 is 4.79 Å². The third kappa shape index (κ3) is 0.765. The SMILES string of the molecule is O=C1C(Sc2ccccc2)C2C3C1C23. The molecule has 1 nitrogen and oxygen atoms in total. The number of carbonyl (C=O) groups excluding carboxylic acids is 1. The molecule has 2 bridgehead atoms. The van der Waals surface area contributed by atoms with E-state index in [2.05, 4.69) is 12.1 Å². The van der Waals surface area contributed by atoms with Crippen molar-refractivity contribution in [3.05, 3.63) is 30.3 Å². The van der Waals surface area contributed by atoms with Crippen molar-refractivity contribution in [3.63, 3.8) is 0 Å². The molecule has 1 aromatic carbocycles. The van der Waals surface area contributed by atoms with Gasteiger partial charge in [0.25, 0.3) is 0 Å². The molecule has 4 saturated carbocycles. The quantitative estimate of drug-likeness (QED) is 0.731. The first-order valence-electron chi connectivity index (χ1n) is 5.13. The Labute approximate surface area is 86.9 Å². The van der Waals surface area contributed by atoms with Crippen molar-refractivity contribution in [1.82, 2.24) is 0 Å². The summed E-state index contributed by atoms with van der Waals surface area (Å²) < 4.78 is 0. The molecule has 0 amide bonds. The van der Waals surface area contributed by atoms with Gasteiger partial charge in [0.1, 0.15) is 5.78 Å². The van der Waals surface area contributed by atoms with Gasteiger partial charge in [0.2, 0.25) is 0 Å². The normalized spacial score (nSPS) is 46.3. The summed E-state index contributed by atoms with van der Waals surface area (Å²) in [5, 5.41) is 0.303. The lowest BCUT2D eigenvalue weighted by atomic mass is 10.2. The number of rotatable bonds is 2. The molecule has 4 aliphatic rings. The molecule has 0 radical (unpaired) electrons. The van der Waals surface area contributed by atoms with Crippen molar-refractivity contribution in [2.75, 3.05) is 0 Å². The molecule has 2 heteroatoms. The summed E-state index contributed by atoms with van der Waals surface area (Å²) in [7, 11) is 0. The minimum absolute atomic E-state index is 0.303. The maximum atomic E-state index is 11.8. The van der Waals surface area contributed by atoms with E-state index in [4.69, 9.17) is 0 Å². The average molecular weight is 202 g/mol. The van der Waals surface area contributed by atoms with Crippen molar-refractivity contribution in [3.8, 4) is 0 Å². The topological polar surface area (TPSA) is 17.1 Å². The van der Waals surface area contributed by atoms with Crippen LogP contribution in [0.2, 0.25) is 0 Å². The predicted octanol–water partition coefficient (Wildman–Crippen LogP) is 2.22. The number of hydrogen-bond donors (Lipinski definition) is 0. The number of hydrogen-bond acceptors (Lipinski definition) is 2. The average Bonchev–Trinajstić information content (AvgIpc) is 3.03. The molecular formula is C12H10OS. The Bertz CT molecular complexity index is 404. The zero-order chi connectivity index (χ0) is 9.28. The van der Waals surface area contributed by atoms with Crippen LogP contribution in [0.4, 0.5) is 0 Å². The monoisotopic (exact) mass is 202 g/mol. The van der Waals surface area contributed by atoms with Gasteiger partial charge in [-0.05, 0) is 29.9 Å². The van der Waals surface area contributed by atoms with Gasteiger partial charge in [-0.3, -0.25) is 4.79 Å². The molecule has 4 fully saturated rings. The minimum Gasteiger partial charge on any atom is -0.298 e. The summed E-state index contributed by atoms with van der Waals surface area (Å²) in [5.74, 6) is 3.45. The highest BCUT2D eigenvalue weighted by Gasteiger charge is 2.84. The van der Waals surface area contributed by atoms with Crippen LogP contribution in [0.1, 0.15) is 0 Å². The number of Topliss-reactive ketones (excluding diaryl/α,β-unsaturated/α-hetero) is 1. The molecule has 4 aliphatic carbocycles. The van der Waals surface area contributed by atoms with Gasteiger partial charge < -0.3 is 0 Å². The lowest BCUT2D eigenvalue weighted by Crippen LogP contribution is -2.09. The van der Waals surface area contributed by atoms with Gasteiger partial charge in [-0.1, -0.05) is 18.2 Å². The van der Waals surface area contributed by atoms with Crippen LogP contribution in [0.5, 0.6) is 0 Å². The molecule has 0 aliphatic heterocycles. The fourth-order valence-corrected chi connectivity index (χ4v) is 4.42. The predicted molar refractivity (Wildman–Crippen MR) is 55.1 cm³/mol. The van der Waals surface area contributed by atoms with Gasteiger partial charge in [0, 0.05) is 10.8 Å². The van der Waals surface area contributed by atoms with E-state index in [1.54, 1.807) is 11.8 Å². The Morgan fingerprint density at radius 3 is 2.29 bits per heavy atom. The second kappa shape index (κ2) is 2.25. The molecule has 0 spiro atoms. The van der Waals surface area contributed by atoms with E-state index in [1.165, 1.54) is 4.90 Å². The van der Waals surface area contributed by atoms with Gasteiger partial charge in [0.15, 0.2) is 0 Å². The fraction of sp³-hybridized carbons (Fsp3) is 0.417. The smallest absolute Gasteiger partial charge is 0.150 e. The van der Waals surface area contributed by atoms with E-state index in [9.17, 15) is 4.79 Å². The summed E-state index contributed by atoms with van der Waals surface area (Å²) >= 11 is 1.78. The number of thioether (sulfide) groups is 1. The van der Waals surface area contributed by atoms with Gasteiger partial charge in [-0.2, -0.15) is 0 Å². The fourth-order valence-electron chi connectivity index (χ4n) is 3.02. The number of carbonyl (C=O) groups is 1. The lowest BCUT2D eigenvalue weighted by molar-refractivity contribution is -0.118. The largest absolute Gasteiger partial charge is 0.298 e. The Morgan fingerprint density at radius 2 is 1.71 bits per heavy atom. The molecule has 14 heavy (non-hydrogen) atoms. The minimum atomic E-state index is 0.303. The van der Waals surface area contributed by atoms with Crippen molar-refractivity contribution in [1.29, 1.82) is 0 Å². The number of ketones is 1. The molecule has 0 saturated heterocycles. The number of fused-ring (bicyclic) bond motifs is 1. The van der Waals surface area contributed by atoms with E-state index in [-0.39, 0.29) is 0 Å². The summed E-state index contributed by atoms with van der Waals surface area (Å²) in [6, 6.07) is 10.3. The van der Waals surface area contributed by atoms with E-state index in [0.717, 1.165) is 17.8 Å². The summed E-state index contributed by atoms with van der Waals surface area (Å²) in [5.41, 5.74) is 0. The standard InChI is InChI=1S/C12H10OS/c13-11-9-7-8(9)10(7)12(11)14-6-4-2-1-3-5-6/h1-5,7-10,12H.